The van der Waals surface area contributed by atoms with E-state index in [4.69, 9.17) is 22.9 Å². The molecule has 0 spiro atoms. The second-order valence-electron chi connectivity index (χ2n) is 30.5. The van der Waals surface area contributed by atoms with Gasteiger partial charge in [0.05, 0.1) is 22.8 Å². The predicted octanol–water partition coefficient (Wildman–Crippen LogP) is 15.8. The lowest BCUT2D eigenvalue weighted by atomic mass is 10.0. The number of fused-ring (bicyclic) bond motifs is 4. The van der Waals surface area contributed by atoms with Gasteiger partial charge in [-0.15, -0.1) is 0 Å². The minimum Gasteiger partial charge on any atom is -0.383 e. The Hall–Kier alpha value is -12.1. The van der Waals surface area contributed by atoms with Gasteiger partial charge >= 0.3 is 0 Å². The molecule has 24 nitrogen and oxygen atoms in total. The molecule has 0 radical (unpaired) electrons. The topological polar surface area (TPSA) is 375 Å². The van der Waals surface area contributed by atoms with Crippen molar-refractivity contribution in [1.82, 2.24) is 59.8 Å². The molecule has 0 aliphatic heterocycles. The summed E-state index contributed by atoms with van der Waals surface area (Å²) in [4.78, 5) is 102. The predicted molar refractivity (Wildman–Crippen MR) is 428 cm³/mol. The number of nitrogens with two attached hydrogens (primary N) is 4. The Labute approximate surface area is 627 Å². The molecule has 16 rings (SSSR count). The molecule has 4 aliphatic rings. The molecular formula is C84H92N20O4. The molecule has 12 N–H and O–H groups in total. The molecule has 12 aromatic rings. The number of aromatic nitrogens is 12. The number of rotatable bonds is 16. The van der Waals surface area contributed by atoms with Crippen LogP contribution < -0.4 is 44.2 Å². The minimum atomic E-state index is 0.0385. The molecule has 552 valence electrons. The van der Waals surface area contributed by atoms with E-state index < -0.39 is 0 Å². The average molecular weight is 1450 g/mol. The van der Waals surface area contributed by atoms with Crippen LogP contribution in [0.2, 0.25) is 0 Å². The van der Waals surface area contributed by atoms with E-state index in [0.717, 1.165) is 162 Å². The van der Waals surface area contributed by atoms with E-state index in [1.165, 1.54) is 0 Å². The van der Waals surface area contributed by atoms with Crippen LogP contribution in [0.5, 0.6) is 0 Å². The molecule has 4 fully saturated rings. The number of carbonyl (C=O) groups is 4. The molecular weight excluding hydrogens is 1350 g/mol. The zero-order chi connectivity index (χ0) is 76.7. The first-order valence-electron chi connectivity index (χ1n) is 36.8. The van der Waals surface area contributed by atoms with Crippen molar-refractivity contribution in [3.8, 4) is 45.0 Å². The summed E-state index contributed by atoms with van der Waals surface area (Å²) in [5.74, 6) is 4.23. The van der Waals surface area contributed by atoms with E-state index in [0.29, 0.717) is 46.5 Å². The summed E-state index contributed by atoms with van der Waals surface area (Å²) in [6, 6.07) is 23.0. The fraction of sp³-hybridized carbons (Fsp3) is 0.333. The van der Waals surface area contributed by atoms with E-state index in [1.807, 2.05) is 100 Å². The smallest absolute Gasteiger partial charge is 0.229 e. The second kappa shape index (κ2) is 29.7. The fourth-order valence-electron chi connectivity index (χ4n) is 14.1. The number of nitrogen functional groups attached to an aromatic ring is 4. The van der Waals surface area contributed by atoms with Gasteiger partial charge in [0.2, 0.25) is 23.6 Å². The highest BCUT2D eigenvalue weighted by molar-refractivity contribution is 6.03. The van der Waals surface area contributed by atoms with Crippen LogP contribution >= 0.6 is 0 Å². The number of aryl methyl sites for hydroxylation is 4. The largest absolute Gasteiger partial charge is 0.383 e. The molecule has 0 bridgehead atoms. The number of amides is 4. The first-order chi connectivity index (χ1) is 51.6. The van der Waals surface area contributed by atoms with Gasteiger partial charge in [-0.05, 0) is 217 Å². The van der Waals surface area contributed by atoms with Crippen molar-refractivity contribution in [3.63, 3.8) is 0 Å². The van der Waals surface area contributed by atoms with Crippen LogP contribution in [0.15, 0.2) is 147 Å². The fourth-order valence-corrected chi connectivity index (χ4v) is 14.1. The van der Waals surface area contributed by atoms with Crippen molar-refractivity contribution in [2.24, 2.45) is 45.3 Å². The number of anilines is 8. The summed E-state index contributed by atoms with van der Waals surface area (Å²) in [6.45, 7) is 25.2. The van der Waals surface area contributed by atoms with Gasteiger partial charge in [0.15, 0.2) is 0 Å². The first-order valence-corrected chi connectivity index (χ1v) is 36.8. The normalized spacial score (nSPS) is 21.2. The molecule has 4 saturated carbocycles. The Bertz CT molecular complexity index is 4870. The van der Waals surface area contributed by atoms with Gasteiger partial charge in [0.25, 0.3) is 0 Å². The molecule has 108 heavy (non-hydrogen) atoms. The third-order valence-corrected chi connectivity index (χ3v) is 23.1. The number of nitrogens with one attached hydrogen (secondary N) is 4. The van der Waals surface area contributed by atoms with Gasteiger partial charge in [-0.2, -0.15) is 0 Å². The minimum absolute atomic E-state index is 0.0385. The summed E-state index contributed by atoms with van der Waals surface area (Å²) in [5, 5.41) is 18.4. The summed E-state index contributed by atoms with van der Waals surface area (Å²) in [6.07, 6.45) is 28.6. The maximum Gasteiger partial charge on any atom is 0.229 e. The van der Waals surface area contributed by atoms with Crippen molar-refractivity contribution >= 4 is 113 Å². The Morgan fingerprint density at radius 3 is 0.722 bits per heavy atom. The molecule has 12 heterocycles. The first kappa shape index (κ1) is 74.2. The van der Waals surface area contributed by atoms with Crippen molar-refractivity contribution in [2.45, 2.75) is 134 Å². The van der Waals surface area contributed by atoms with E-state index >= 15 is 0 Å². The van der Waals surface area contributed by atoms with Crippen LogP contribution in [-0.2, 0) is 19.2 Å². The van der Waals surface area contributed by atoms with E-state index in [2.05, 4.69) is 136 Å². The maximum absolute atomic E-state index is 12.5. The highest BCUT2D eigenvalue weighted by Crippen LogP contribution is 2.58. The monoisotopic (exact) mass is 1440 g/mol. The molecule has 0 unspecified atom stereocenters. The van der Waals surface area contributed by atoms with Crippen molar-refractivity contribution in [2.75, 3.05) is 44.2 Å². The zero-order valence-corrected chi connectivity index (χ0v) is 63.1. The molecule has 4 aliphatic carbocycles. The van der Waals surface area contributed by atoms with Crippen LogP contribution in [0.1, 0.15) is 129 Å². The third kappa shape index (κ3) is 15.6. The summed E-state index contributed by atoms with van der Waals surface area (Å²) in [5.41, 5.74) is 36.2. The summed E-state index contributed by atoms with van der Waals surface area (Å²) < 4.78 is 0. The molecule has 4 amide bonds. The molecule has 12 aromatic heterocycles. The van der Waals surface area contributed by atoms with Gasteiger partial charge in [0, 0.05) is 142 Å². The zero-order valence-electron chi connectivity index (χ0n) is 63.1. The highest BCUT2D eigenvalue weighted by atomic mass is 16.2. The van der Waals surface area contributed by atoms with Crippen molar-refractivity contribution < 1.29 is 19.2 Å². The lowest BCUT2D eigenvalue weighted by Gasteiger charge is -2.11. The van der Waals surface area contributed by atoms with Gasteiger partial charge in [-0.3, -0.25) is 39.1 Å². The number of hydrogen-bond acceptors (Lipinski definition) is 20. The van der Waals surface area contributed by atoms with Crippen LogP contribution in [0.3, 0.4) is 0 Å². The van der Waals surface area contributed by atoms with Crippen molar-refractivity contribution in [1.29, 1.82) is 0 Å². The summed E-state index contributed by atoms with van der Waals surface area (Å²) >= 11 is 0. The number of pyridine rings is 12. The average Bonchev–Trinajstić information content (AvgIpc) is 1.53. The maximum atomic E-state index is 12.5. The van der Waals surface area contributed by atoms with Crippen LogP contribution in [0.4, 0.5) is 46.5 Å². The van der Waals surface area contributed by atoms with Crippen molar-refractivity contribution in [3.05, 3.63) is 169 Å². The van der Waals surface area contributed by atoms with Gasteiger partial charge < -0.3 is 44.2 Å². The lowest BCUT2D eigenvalue weighted by molar-refractivity contribution is -0.118. The SMILES string of the molecule is CC[C@@]1(C)C[C@@H]1C(=O)Nc1cc2cc(-c3cnccc3C)nc(N)c2cn1.CC[C@@]1(C)C[C@H]1C(=O)Nc1cc2cc(-c3cnccc3C)nc(N)c2cn1.CC[C@]1(C)C[C@@H]1C(=O)Nc1cc2cc(-c3cnccc3C)nc(N)c2cn1.CC[C@]1(C)C[C@H]1C(=O)Nc1cc2cc(-c3cnccc3C)nc(N)c2cn1. The van der Waals surface area contributed by atoms with Gasteiger partial charge in [0.1, 0.15) is 46.5 Å². The Morgan fingerprint density at radius 1 is 0.343 bits per heavy atom. The summed E-state index contributed by atoms with van der Waals surface area (Å²) in [7, 11) is 0. The second-order valence-corrected chi connectivity index (χ2v) is 30.5. The quantitative estimate of drug-likeness (QED) is 0.0445. The number of hydrogen-bond donors (Lipinski definition) is 8. The van der Waals surface area contributed by atoms with E-state index in [-0.39, 0.29) is 69.0 Å². The lowest BCUT2D eigenvalue weighted by Crippen LogP contribution is -2.18. The van der Waals surface area contributed by atoms with Gasteiger partial charge in [-0.25, -0.2) is 39.9 Å². The number of nitrogens with zero attached hydrogens (tertiary/aromatic N) is 12. The van der Waals surface area contributed by atoms with Crippen LogP contribution in [0, 0.1) is 73.0 Å². The van der Waals surface area contributed by atoms with Crippen LogP contribution in [-0.4, -0.2) is 83.4 Å². The standard InChI is InChI=1S/4C21H23N5O/c4*1-4-21(3)9-16(21)20(27)26-18-8-13-7-17(14-10-23-6-5-12(14)2)25-19(22)15(13)11-24-18/h4*5-8,10-11,16H,4,9H2,1-3H3,(H2,22,25)(H,24,26,27)/t2*16-,21+;2*16-,21-/m1010/s1. The Kier molecular flexibility index (Phi) is 20.4. The molecule has 24 heteroatoms. The molecule has 8 atom stereocenters. The molecule has 0 aromatic carbocycles. The third-order valence-electron chi connectivity index (χ3n) is 23.1. The molecule has 0 saturated heterocycles. The van der Waals surface area contributed by atoms with E-state index in [1.54, 1.807) is 74.4 Å². The Morgan fingerprint density at radius 2 is 0.546 bits per heavy atom. The van der Waals surface area contributed by atoms with Gasteiger partial charge in [-0.1, -0.05) is 55.4 Å². The Balaban J connectivity index is 0.000000127. The van der Waals surface area contributed by atoms with E-state index in [9.17, 15) is 19.2 Å². The number of carbonyl (C=O) groups excluding carboxylic acids is 4. The van der Waals surface area contributed by atoms with Crippen LogP contribution in [0.25, 0.3) is 88.1 Å². The highest BCUT2D eigenvalue weighted by Gasteiger charge is 2.55.